The lowest BCUT2D eigenvalue weighted by Crippen LogP contribution is -2.41. The van der Waals surface area contributed by atoms with Gasteiger partial charge in [0.05, 0.1) is 18.7 Å². The molecular weight excluding hydrogens is 454 g/mol. The number of fused-ring (bicyclic) bond motifs is 1. The van der Waals surface area contributed by atoms with Crippen LogP contribution in [0.1, 0.15) is 55.9 Å². The van der Waals surface area contributed by atoms with Crippen molar-refractivity contribution in [2.75, 3.05) is 26.7 Å². The number of aliphatic hydroxyl groups excluding tert-OH is 1. The molecular formula is C29H37N3O4. The van der Waals surface area contributed by atoms with Crippen molar-refractivity contribution < 1.29 is 19.7 Å². The number of carboxylic acids is 1. The smallest absolute Gasteiger partial charge is 0.303 e. The predicted octanol–water partition coefficient (Wildman–Crippen LogP) is 4.89. The maximum Gasteiger partial charge on any atom is 0.303 e. The number of likely N-dealkylation sites (tertiary alicyclic amines) is 1. The molecule has 7 nitrogen and oxygen atoms in total. The van der Waals surface area contributed by atoms with Gasteiger partial charge in [-0.1, -0.05) is 6.07 Å². The van der Waals surface area contributed by atoms with E-state index in [1.165, 1.54) is 0 Å². The van der Waals surface area contributed by atoms with E-state index in [0.717, 1.165) is 73.2 Å². The number of nitrogens with zero attached hydrogens (tertiary/aromatic N) is 3. The van der Waals surface area contributed by atoms with Gasteiger partial charge in [0.15, 0.2) is 0 Å². The summed E-state index contributed by atoms with van der Waals surface area (Å²) in [5, 5.41) is 21.3. The largest absolute Gasteiger partial charge is 0.497 e. The van der Waals surface area contributed by atoms with Gasteiger partial charge in [0.25, 0.3) is 0 Å². The van der Waals surface area contributed by atoms with E-state index in [2.05, 4.69) is 20.9 Å². The standard InChI is InChI=1S/C29H37N3O4/c1-36-24-9-10-27-26(19-24)25(13-16-31-27)28(33)11-7-21-14-18-32(20-22(21)8-12-29(34)35)17-4-6-23-5-2-3-15-30-23/h2-3,5,9-10,13,15-16,19,21-22,28,33H,4,6-8,11-12,14,17-18,20H2,1H3,(H,34,35)/t21?,22?,28-/m0/s1. The molecule has 3 heterocycles. The zero-order valence-electron chi connectivity index (χ0n) is 21.1. The molecule has 1 fully saturated rings. The Bertz CT molecular complexity index is 1120. The summed E-state index contributed by atoms with van der Waals surface area (Å²) >= 11 is 0. The van der Waals surface area contributed by atoms with Crippen LogP contribution in [0.3, 0.4) is 0 Å². The highest BCUT2D eigenvalue weighted by Gasteiger charge is 2.30. The molecule has 0 radical (unpaired) electrons. The van der Waals surface area contributed by atoms with E-state index < -0.39 is 12.1 Å². The lowest BCUT2D eigenvalue weighted by atomic mass is 9.79. The second-order valence-corrected chi connectivity index (χ2v) is 9.84. The van der Waals surface area contributed by atoms with Crippen LogP contribution in [0.15, 0.2) is 54.9 Å². The third-order valence-electron chi connectivity index (χ3n) is 7.49. The number of ether oxygens (including phenoxy) is 1. The molecule has 1 aliphatic rings. The quantitative estimate of drug-likeness (QED) is 0.372. The van der Waals surface area contributed by atoms with E-state index in [1.807, 2.05) is 42.6 Å². The van der Waals surface area contributed by atoms with Crippen molar-refractivity contribution in [1.82, 2.24) is 14.9 Å². The molecule has 1 aliphatic heterocycles. The minimum atomic E-state index is -0.738. The molecule has 2 N–H and O–H groups in total. The van der Waals surface area contributed by atoms with Crippen molar-refractivity contribution in [3.05, 3.63) is 66.1 Å². The van der Waals surface area contributed by atoms with Crippen LogP contribution < -0.4 is 4.74 Å². The fraction of sp³-hybridized carbons (Fsp3) is 0.483. The molecule has 0 amide bonds. The van der Waals surface area contributed by atoms with E-state index in [1.54, 1.807) is 13.3 Å². The molecule has 1 saturated heterocycles. The highest BCUT2D eigenvalue weighted by atomic mass is 16.5. The van der Waals surface area contributed by atoms with E-state index in [9.17, 15) is 15.0 Å². The van der Waals surface area contributed by atoms with Gasteiger partial charge in [0.1, 0.15) is 5.75 Å². The molecule has 3 atom stereocenters. The number of hydrogen-bond donors (Lipinski definition) is 2. The van der Waals surface area contributed by atoms with Crippen LogP contribution in [0.4, 0.5) is 0 Å². The highest BCUT2D eigenvalue weighted by Crippen LogP contribution is 2.35. The number of aromatic nitrogens is 2. The minimum absolute atomic E-state index is 0.195. The van der Waals surface area contributed by atoms with Crippen molar-refractivity contribution in [3.8, 4) is 5.75 Å². The number of carbonyl (C=O) groups is 1. The molecule has 0 bridgehead atoms. The van der Waals surface area contributed by atoms with Gasteiger partial charge in [-0.05, 0) is 105 Å². The number of aryl methyl sites for hydroxylation is 1. The molecule has 3 aromatic rings. The number of aliphatic hydroxyl groups is 1. The van der Waals surface area contributed by atoms with Crippen molar-refractivity contribution in [1.29, 1.82) is 0 Å². The zero-order chi connectivity index (χ0) is 25.3. The molecule has 0 saturated carbocycles. The van der Waals surface area contributed by atoms with E-state index >= 15 is 0 Å². The Balaban J connectivity index is 1.35. The molecule has 1 aromatic carbocycles. The number of piperidine rings is 1. The van der Waals surface area contributed by atoms with Gasteiger partial charge >= 0.3 is 5.97 Å². The number of benzene rings is 1. The molecule has 192 valence electrons. The summed E-state index contributed by atoms with van der Waals surface area (Å²) in [6.07, 6.45) is 8.41. The molecule has 2 aromatic heterocycles. The fourth-order valence-corrected chi connectivity index (χ4v) is 5.50. The molecule has 4 rings (SSSR count). The normalized spacial score (nSPS) is 19.3. The number of aliphatic carboxylic acids is 1. The van der Waals surface area contributed by atoms with Crippen molar-refractivity contribution in [2.45, 2.75) is 51.0 Å². The van der Waals surface area contributed by atoms with Crippen LogP contribution in [-0.2, 0) is 11.2 Å². The first-order chi connectivity index (χ1) is 17.5. The van der Waals surface area contributed by atoms with Crippen molar-refractivity contribution in [3.63, 3.8) is 0 Å². The first-order valence-corrected chi connectivity index (χ1v) is 13.0. The number of methoxy groups -OCH3 is 1. The summed E-state index contributed by atoms with van der Waals surface area (Å²) in [7, 11) is 1.63. The summed E-state index contributed by atoms with van der Waals surface area (Å²) in [6, 6.07) is 13.6. The SMILES string of the molecule is COc1ccc2nccc([C@@H](O)CCC3CCN(CCCc4ccccn4)CC3CCC(=O)O)c2c1. The summed E-state index contributed by atoms with van der Waals surface area (Å²) in [6.45, 7) is 2.94. The van der Waals surface area contributed by atoms with E-state index in [4.69, 9.17) is 4.74 Å². The average Bonchev–Trinajstić information content (AvgIpc) is 2.91. The minimum Gasteiger partial charge on any atom is -0.497 e. The van der Waals surface area contributed by atoms with Crippen LogP contribution in [0.25, 0.3) is 10.9 Å². The molecule has 7 heteroatoms. The Kier molecular flexibility index (Phi) is 9.25. The first kappa shape index (κ1) is 26.0. The lowest BCUT2D eigenvalue weighted by molar-refractivity contribution is -0.137. The first-order valence-electron chi connectivity index (χ1n) is 13.0. The van der Waals surface area contributed by atoms with Crippen molar-refractivity contribution in [2.24, 2.45) is 11.8 Å². The second-order valence-electron chi connectivity index (χ2n) is 9.84. The van der Waals surface area contributed by atoms with Gasteiger partial charge < -0.3 is 19.8 Å². The van der Waals surface area contributed by atoms with E-state index in [-0.39, 0.29) is 6.42 Å². The number of rotatable bonds is 12. The average molecular weight is 492 g/mol. The van der Waals surface area contributed by atoms with Crippen LogP contribution in [0.5, 0.6) is 5.75 Å². The predicted molar refractivity (Wildman–Crippen MR) is 140 cm³/mol. The van der Waals surface area contributed by atoms with Crippen LogP contribution in [-0.4, -0.2) is 57.8 Å². The summed E-state index contributed by atoms with van der Waals surface area (Å²) in [5.41, 5.74) is 2.82. The van der Waals surface area contributed by atoms with Crippen LogP contribution >= 0.6 is 0 Å². The van der Waals surface area contributed by atoms with Gasteiger partial charge in [0.2, 0.25) is 0 Å². The summed E-state index contributed by atoms with van der Waals surface area (Å²) in [5.74, 6) is 0.742. The van der Waals surface area contributed by atoms with E-state index in [0.29, 0.717) is 24.7 Å². The second kappa shape index (κ2) is 12.8. The maximum absolute atomic E-state index is 11.3. The number of carboxylic acid groups (broad SMARTS) is 1. The van der Waals surface area contributed by atoms with Gasteiger partial charge in [-0.25, -0.2) is 0 Å². The molecule has 0 aliphatic carbocycles. The topological polar surface area (TPSA) is 95.8 Å². The summed E-state index contributed by atoms with van der Waals surface area (Å²) < 4.78 is 5.37. The Morgan fingerprint density at radius 2 is 2.03 bits per heavy atom. The monoisotopic (exact) mass is 491 g/mol. The van der Waals surface area contributed by atoms with Gasteiger partial charge in [-0.2, -0.15) is 0 Å². The van der Waals surface area contributed by atoms with Crippen molar-refractivity contribution >= 4 is 16.9 Å². The maximum atomic E-state index is 11.3. The Morgan fingerprint density at radius 3 is 2.81 bits per heavy atom. The lowest BCUT2D eigenvalue weighted by Gasteiger charge is -2.39. The number of pyridine rings is 2. The Morgan fingerprint density at radius 1 is 1.14 bits per heavy atom. The fourth-order valence-electron chi connectivity index (χ4n) is 5.50. The van der Waals surface area contributed by atoms with Crippen LogP contribution in [0, 0.1) is 11.8 Å². The summed E-state index contributed by atoms with van der Waals surface area (Å²) in [4.78, 5) is 22.6. The highest BCUT2D eigenvalue weighted by molar-refractivity contribution is 5.83. The third kappa shape index (κ3) is 7.02. The Hall–Kier alpha value is -3.03. The van der Waals surface area contributed by atoms with Gasteiger partial charge in [-0.3, -0.25) is 14.8 Å². The molecule has 36 heavy (non-hydrogen) atoms. The zero-order valence-corrected chi connectivity index (χ0v) is 21.1. The molecule has 2 unspecified atom stereocenters. The van der Waals surface area contributed by atoms with Gasteiger partial charge in [0, 0.05) is 36.4 Å². The Labute approximate surface area is 213 Å². The number of hydrogen-bond acceptors (Lipinski definition) is 6. The van der Waals surface area contributed by atoms with Gasteiger partial charge in [-0.15, -0.1) is 0 Å². The molecule has 0 spiro atoms. The van der Waals surface area contributed by atoms with Crippen LogP contribution in [0.2, 0.25) is 0 Å². The third-order valence-corrected chi connectivity index (χ3v) is 7.49.